The van der Waals surface area contributed by atoms with Crippen molar-refractivity contribution in [3.05, 3.63) is 114 Å². The molecule has 0 aliphatic rings. The van der Waals surface area contributed by atoms with Gasteiger partial charge in [0.25, 0.3) is 0 Å². The van der Waals surface area contributed by atoms with Crippen LogP contribution in [0, 0.1) is 18.6 Å². The summed E-state index contributed by atoms with van der Waals surface area (Å²) in [6.07, 6.45) is 7.15. The Hall–Kier alpha value is -3.01. The standard InChI is InChI=1S/C23H23F3O/c1-7-27-18(5)14-21(24)19(6)16(3)10-8-15(2)9-12-20-13-11-17(4)22(25)23(20)26/h8-14H,2-3,5-7H2,1,4H3/b10-8-,12-9+,21-14+. The van der Waals surface area contributed by atoms with Crippen molar-refractivity contribution in [1.29, 1.82) is 0 Å². The van der Waals surface area contributed by atoms with E-state index < -0.39 is 17.5 Å². The van der Waals surface area contributed by atoms with Crippen molar-refractivity contribution in [3.63, 3.8) is 0 Å². The van der Waals surface area contributed by atoms with Crippen molar-refractivity contribution in [3.8, 4) is 0 Å². The topological polar surface area (TPSA) is 9.23 Å². The molecule has 0 bridgehead atoms. The highest BCUT2D eigenvalue weighted by Gasteiger charge is 2.08. The predicted molar refractivity (Wildman–Crippen MR) is 107 cm³/mol. The lowest BCUT2D eigenvalue weighted by Gasteiger charge is -2.05. The first-order valence-corrected chi connectivity index (χ1v) is 8.24. The van der Waals surface area contributed by atoms with E-state index in [4.69, 9.17) is 4.74 Å². The van der Waals surface area contributed by atoms with Crippen LogP contribution in [0.4, 0.5) is 13.2 Å². The summed E-state index contributed by atoms with van der Waals surface area (Å²) < 4.78 is 46.5. The van der Waals surface area contributed by atoms with Gasteiger partial charge in [0, 0.05) is 17.2 Å². The van der Waals surface area contributed by atoms with Crippen LogP contribution in [0.2, 0.25) is 0 Å². The lowest BCUT2D eigenvalue weighted by molar-refractivity contribution is 0.243. The Morgan fingerprint density at radius 2 is 1.70 bits per heavy atom. The third kappa shape index (κ3) is 6.66. The van der Waals surface area contributed by atoms with Crippen LogP contribution in [-0.4, -0.2) is 6.61 Å². The molecular weight excluding hydrogens is 349 g/mol. The van der Waals surface area contributed by atoms with Gasteiger partial charge in [-0.2, -0.15) is 0 Å². The summed E-state index contributed by atoms with van der Waals surface area (Å²) >= 11 is 0. The summed E-state index contributed by atoms with van der Waals surface area (Å²) in [6.45, 7) is 18.4. The molecule has 4 heteroatoms. The van der Waals surface area contributed by atoms with Crippen LogP contribution in [0.25, 0.3) is 6.08 Å². The molecule has 1 aromatic carbocycles. The molecule has 0 N–H and O–H groups in total. The summed E-state index contributed by atoms with van der Waals surface area (Å²) in [4.78, 5) is 0. The number of ether oxygens (including phenoxy) is 1. The summed E-state index contributed by atoms with van der Waals surface area (Å²) in [5.41, 5.74) is 1.25. The third-order valence-electron chi connectivity index (χ3n) is 3.57. The highest BCUT2D eigenvalue weighted by molar-refractivity contribution is 5.56. The van der Waals surface area contributed by atoms with Gasteiger partial charge in [-0.1, -0.05) is 62.8 Å². The van der Waals surface area contributed by atoms with E-state index in [0.717, 1.165) is 6.08 Å². The van der Waals surface area contributed by atoms with Crippen molar-refractivity contribution in [2.45, 2.75) is 13.8 Å². The van der Waals surface area contributed by atoms with Crippen molar-refractivity contribution >= 4 is 6.08 Å². The second-order valence-electron chi connectivity index (χ2n) is 5.74. The van der Waals surface area contributed by atoms with Crippen molar-refractivity contribution < 1.29 is 17.9 Å². The molecule has 0 spiro atoms. The third-order valence-corrected chi connectivity index (χ3v) is 3.57. The van der Waals surface area contributed by atoms with Crippen molar-refractivity contribution in [1.82, 2.24) is 0 Å². The maximum atomic E-state index is 14.0. The summed E-state index contributed by atoms with van der Waals surface area (Å²) in [5.74, 6) is -2.21. The molecule has 1 nitrogen and oxygen atoms in total. The molecule has 27 heavy (non-hydrogen) atoms. The first-order valence-electron chi connectivity index (χ1n) is 8.24. The normalized spacial score (nSPS) is 11.8. The van der Waals surface area contributed by atoms with Gasteiger partial charge in [-0.05, 0) is 30.6 Å². The number of halogens is 3. The zero-order valence-corrected chi connectivity index (χ0v) is 15.6. The Morgan fingerprint density at radius 1 is 1.04 bits per heavy atom. The quantitative estimate of drug-likeness (QED) is 0.338. The fraction of sp³-hybridized carbons (Fsp3) is 0.130. The molecule has 1 rings (SSSR count). The van der Waals surface area contributed by atoms with Gasteiger partial charge in [-0.3, -0.25) is 0 Å². The molecule has 0 aliphatic carbocycles. The Morgan fingerprint density at radius 3 is 2.33 bits per heavy atom. The molecule has 0 atom stereocenters. The van der Waals surface area contributed by atoms with E-state index >= 15 is 0 Å². The summed E-state index contributed by atoms with van der Waals surface area (Å²) in [6, 6.07) is 2.97. The minimum atomic E-state index is -0.914. The SMILES string of the molecule is C=C(/C=C\C(=C)C(=C)/C(F)=C\C(=C)OCC)/C=C/c1ccc(C)c(F)c1F. The number of aryl methyl sites for hydroxylation is 1. The smallest absolute Gasteiger partial charge is 0.166 e. The first kappa shape index (κ1) is 22.0. The van der Waals surface area contributed by atoms with Crippen LogP contribution in [-0.2, 0) is 4.74 Å². The van der Waals surface area contributed by atoms with E-state index in [1.165, 1.54) is 37.3 Å². The Balaban J connectivity index is 2.78. The second kappa shape index (κ2) is 10.2. The van der Waals surface area contributed by atoms with Crippen LogP contribution in [0.3, 0.4) is 0 Å². The van der Waals surface area contributed by atoms with Gasteiger partial charge in [-0.15, -0.1) is 0 Å². The molecular formula is C23H23F3O. The maximum Gasteiger partial charge on any atom is 0.166 e. The molecule has 0 fully saturated rings. The number of benzene rings is 1. The zero-order valence-electron chi connectivity index (χ0n) is 15.6. The lowest BCUT2D eigenvalue weighted by Crippen LogP contribution is -1.92. The van der Waals surface area contributed by atoms with E-state index in [0.29, 0.717) is 17.8 Å². The average Bonchev–Trinajstić information content (AvgIpc) is 2.63. The number of hydrogen-bond donors (Lipinski definition) is 0. The lowest BCUT2D eigenvalue weighted by atomic mass is 10.1. The average molecular weight is 372 g/mol. The van der Waals surface area contributed by atoms with E-state index in [2.05, 4.69) is 26.3 Å². The fourth-order valence-corrected chi connectivity index (χ4v) is 1.96. The predicted octanol–water partition coefficient (Wildman–Crippen LogP) is 6.91. The zero-order chi connectivity index (χ0) is 20.6. The summed E-state index contributed by atoms with van der Waals surface area (Å²) in [5, 5.41) is 0. The molecule has 0 saturated carbocycles. The van der Waals surface area contributed by atoms with Gasteiger partial charge >= 0.3 is 0 Å². The van der Waals surface area contributed by atoms with Crippen LogP contribution in [0.15, 0.2) is 91.1 Å². The molecule has 0 heterocycles. The highest BCUT2D eigenvalue weighted by atomic mass is 19.2. The first-order chi connectivity index (χ1) is 12.7. The molecule has 0 aromatic heterocycles. The molecule has 142 valence electrons. The van der Waals surface area contributed by atoms with E-state index in [9.17, 15) is 13.2 Å². The molecule has 0 saturated heterocycles. The Labute approximate surface area is 158 Å². The van der Waals surface area contributed by atoms with Crippen molar-refractivity contribution in [2.24, 2.45) is 0 Å². The van der Waals surface area contributed by atoms with E-state index in [1.54, 1.807) is 13.0 Å². The largest absolute Gasteiger partial charge is 0.494 e. The Bertz CT molecular complexity index is 855. The van der Waals surface area contributed by atoms with Crippen LogP contribution in [0.5, 0.6) is 0 Å². The van der Waals surface area contributed by atoms with Crippen LogP contribution < -0.4 is 0 Å². The maximum absolute atomic E-state index is 14.0. The summed E-state index contributed by atoms with van der Waals surface area (Å²) in [7, 11) is 0. The minimum absolute atomic E-state index is 0.0792. The van der Waals surface area contributed by atoms with Gasteiger partial charge in [0.1, 0.15) is 11.6 Å². The number of rotatable bonds is 9. The van der Waals surface area contributed by atoms with Gasteiger partial charge in [0.05, 0.1) is 6.61 Å². The van der Waals surface area contributed by atoms with Gasteiger partial charge in [0.15, 0.2) is 11.6 Å². The van der Waals surface area contributed by atoms with Crippen LogP contribution in [0.1, 0.15) is 18.1 Å². The number of hydrogen-bond acceptors (Lipinski definition) is 1. The molecule has 0 radical (unpaired) electrons. The van der Waals surface area contributed by atoms with Gasteiger partial charge < -0.3 is 4.74 Å². The molecule has 0 amide bonds. The minimum Gasteiger partial charge on any atom is -0.494 e. The van der Waals surface area contributed by atoms with E-state index in [-0.39, 0.29) is 22.5 Å². The van der Waals surface area contributed by atoms with Gasteiger partial charge in [-0.25, -0.2) is 13.2 Å². The fourth-order valence-electron chi connectivity index (χ4n) is 1.96. The Kier molecular flexibility index (Phi) is 8.34. The monoisotopic (exact) mass is 372 g/mol. The highest BCUT2D eigenvalue weighted by Crippen LogP contribution is 2.21. The van der Waals surface area contributed by atoms with E-state index in [1.807, 2.05) is 0 Å². The second-order valence-corrected chi connectivity index (χ2v) is 5.74. The van der Waals surface area contributed by atoms with Crippen LogP contribution >= 0.6 is 0 Å². The molecule has 0 aliphatic heterocycles. The van der Waals surface area contributed by atoms with Crippen molar-refractivity contribution in [2.75, 3.05) is 6.61 Å². The number of allylic oxidation sites excluding steroid dienone is 8. The van der Waals surface area contributed by atoms with Gasteiger partial charge in [0.2, 0.25) is 0 Å². The molecule has 0 unspecified atom stereocenters. The molecule has 1 aromatic rings.